The van der Waals surface area contributed by atoms with E-state index in [0.717, 1.165) is 28.7 Å². The monoisotopic (exact) mass is 441 g/mol. The molecule has 0 unspecified atom stereocenters. The molecule has 32 heavy (non-hydrogen) atoms. The van der Waals surface area contributed by atoms with Crippen LogP contribution in [0, 0.1) is 20.8 Å². The highest BCUT2D eigenvalue weighted by atomic mass is 16.6. The van der Waals surface area contributed by atoms with Gasteiger partial charge in [0.1, 0.15) is 28.2 Å². The zero-order valence-electron chi connectivity index (χ0n) is 19.9. The van der Waals surface area contributed by atoms with Crippen molar-refractivity contribution in [3.05, 3.63) is 39.4 Å². The van der Waals surface area contributed by atoms with Crippen LogP contribution in [0.5, 0.6) is 0 Å². The number of furan rings is 1. The normalized spacial score (nSPS) is 11.8. The number of hydrogen-bond acceptors (Lipinski definition) is 6. The molecule has 0 aliphatic rings. The Morgan fingerprint density at radius 2 is 1.66 bits per heavy atom. The molecule has 0 bridgehead atoms. The fourth-order valence-electron chi connectivity index (χ4n) is 3.83. The van der Waals surface area contributed by atoms with Crippen LogP contribution in [0.15, 0.2) is 25.8 Å². The SMILES string of the molecule is CCCCCC(=O)N(C(=O)OC(C)(C)C)c1c(C)oc2c(C)c3oc(=O)cc(C)c3cc12. The predicted octanol–water partition coefficient (Wildman–Crippen LogP) is 6.31. The van der Waals surface area contributed by atoms with Crippen molar-refractivity contribution in [1.82, 2.24) is 0 Å². The number of unbranched alkanes of at least 4 members (excludes halogenated alkanes) is 2. The molecule has 7 heteroatoms. The van der Waals surface area contributed by atoms with Gasteiger partial charge in [0.25, 0.3) is 0 Å². The third-order valence-corrected chi connectivity index (χ3v) is 5.31. The summed E-state index contributed by atoms with van der Waals surface area (Å²) in [6.45, 7) is 12.6. The summed E-state index contributed by atoms with van der Waals surface area (Å²) in [4.78, 5) is 39.4. The minimum Gasteiger partial charge on any atom is -0.459 e. The molecule has 3 rings (SSSR count). The van der Waals surface area contributed by atoms with Crippen LogP contribution in [0.25, 0.3) is 21.9 Å². The summed E-state index contributed by atoms with van der Waals surface area (Å²) in [5.74, 6) is 0.0701. The van der Waals surface area contributed by atoms with E-state index in [4.69, 9.17) is 13.6 Å². The fraction of sp³-hybridized carbons (Fsp3) is 0.480. The van der Waals surface area contributed by atoms with E-state index in [-0.39, 0.29) is 12.3 Å². The maximum absolute atomic E-state index is 13.2. The molecule has 0 aliphatic carbocycles. The van der Waals surface area contributed by atoms with E-state index < -0.39 is 17.3 Å². The van der Waals surface area contributed by atoms with Crippen molar-refractivity contribution in [2.45, 2.75) is 79.8 Å². The lowest BCUT2D eigenvalue weighted by Gasteiger charge is -2.26. The highest BCUT2D eigenvalue weighted by Gasteiger charge is 2.33. The Labute approximate surface area is 187 Å². The van der Waals surface area contributed by atoms with Crippen molar-refractivity contribution in [2.75, 3.05) is 4.90 Å². The number of aryl methyl sites for hydroxylation is 3. The van der Waals surface area contributed by atoms with E-state index >= 15 is 0 Å². The van der Waals surface area contributed by atoms with E-state index in [1.54, 1.807) is 40.7 Å². The molecule has 172 valence electrons. The Balaban J connectivity index is 2.25. The number of carbonyl (C=O) groups excluding carboxylic acids is 2. The lowest BCUT2D eigenvalue weighted by Crippen LogP contribution is -2.41. The Bertz CT molecular complexity index is 1240. The van der Waals surface area contributed by atoms with Gasteiger partial charge in [0.15, 0.2) is 0 Å². The average Bonchev–Trinajstić information content (AvgIpc) is 2.98. The van der Waals surface area contributed by atoms with Crippen molar-refractivity contribution in [1.29, 1.82) is 0 Å². The number of carbonyl (C=O) groups is 2. The molecule has 2 aromatic heterocycles. The summed E-state index contributed by atoms with van der Waals surface area (Å²) in [5, 5.41) is 1.32. The van der Waals surface area contributed by atoms with Gasteiger partial charge in [-0.25, -0.2) is 14.5 Å². The summed E-state index contributed by atoms with van der Waals surface area (Å²) in [5.41, 5.74) is 1.43. The third kappa shape index (κ3) is 4.56. The molecule has 2 amide bonds. The molecule has 0 fully saturated rings. The number of amides is 2. The Hall–Kier alpha value is -3.09. The molecule has 7 nitrogen and oxygen atoms in total. The van der Waals surface area contributed by atoms with Gasteiger partial charge in [-0.3, -0.25) is 4.79 Å². The first-order chi connectivity index (χ1) is 14.9. The maximum atomic E-state index is 13.2. The van der Waals surface area contributed by atoms with Gasteiger partial charge >= 0.3 is 11.7 Å². The van der Waals surface area contributed by atoms with Gasteiger partial charge in [-0.1, -0.05) is 19.8 Å². The van der Waals surface area contributed by atoms with E-state index in [1.165, 1.54) is 6.07 Å². The number of nitrogens with zero attached hydrogens (tertiary/aromatic N) is 1. The fourth-order valence-corrected chi connectivity index (χ4v) is 3.83. The minimum absolute atomic E-state index is 0.222. The van der Waals surface area contributed by atoms with Crippen LogP contribution in [-0.2, 0) is 9.53 Å². The standard InChI is InChI=1S/C25H31NO6/c1-8-9-10-11-19(27)26(24(29)32-25(5,6)7)21-16(4)30-23-15(3)22-17(13-18(21)23)14(2)12-20(28)31-22/h12-13H,8-11H2,1-7H3. The van der Waals surface area contributed by atoms with Crippen molar-refractivity contribution in [3.63, 3.8) is 0 Å². The van der Waals surface area contributed by atoms with Crippen molar-refractivity contribution in [2.24, 2.45) is 0 Å². The number of hydrogen-bond donors (Lipinski definition) is 0. The molecular formula is C25H31NO6. The largest absolute Gasteiger partial charge is 0.459 e. The highest BCUT2D eigenvalue weighted by molar-refractivity contribution is 6.18. The quantitative estimate of drug-likeness (QED) is 0.340. The Kier molecular flexibility index (Phi) is 6.49. The van der Waals surface area contributed by atoms with Gasteiger partial charge in [-0.2, -0.15) is 0 Å². The smallest absolute Gasteiger partial charge is 0.421 e. The first-order valence-electron chi connectivity index (χ1n) is 11.0. The summed E-state index contributed by atoms with van der Waals surface area (Å²) < 4.78 is 17.0. The summed E-state index contributed by atoms with van der Waals surface area (Å²) in [6.07, 6.45) is 2.01. The molecule has 0 atom stereocenters. The molecular weight excluding hydrogens is 410 g/mol. The van der Waals surface area contributed by atoms with Gasteiger partial charge in [0.2, 0.25) is 5.91 Å². The second-order valence-corrected chi connectivity index (χ2v) is 9.18. The Morgan fingerprint density at radius 3 is 2.28 bits per heavy atom. The molecule has 0 aliphatic heterocycles. The third-order valence-electron chi connectivity index (χ3n) is 5.31. The van der Waals surface area contributed by atoms with Crippen LogP contribution in [0.3, 0.4) is 0 Å². The predicted molar refractivity (Wildman–Crippen MR) is 124 cm³/mol. The van der Waals surface area contributed by atoms with E-state index in [9.17, 15) is 14.4 Å². The van der Waals surface area contributed by atoms with Crippen LogP contribution in [0.2, 0.25) is 0 Å². The number of fused-ring (bicyclic) bond motifs is 2. The van der Waals surface area contributed by atoms with Crippen LogP contribution in [-0.4, -0.2) is 17.6 Å². The molecule has 0 saturated carbocycles. The maximum Gasteiger partial charge on any atom is 0.421 e. The summed E-state index contributed by atoms with van der Waals surface area (Å²) in [7, 11) is 0. The second-order valence-electron chi connectivity index (χ2n) is 9.18. The van der Waals surface area contributed by atoms with Crippen molar-refractivity contribution in [3.8, 4) is 0 Å². The molecule has 1 aromatic carbocycles. The summed E-state index contributed by atoms with van der Waals surface area (Å²) in [6, 6.07) is 3.22. The lowest BCUT2D eigenvalue weighted by molar-refractivity contribution is -0.118. The van der Waals surface area contributed by atoms with Crippen molar-refractivity contribution < 1.29 is 23.2 Å². The van der Waals surface area contributed by atoms with Crippen molar-refractivity contribution >= 4 is 39.6 Å². The molecule has 0 N–H and O–H groups in total. The first kappa shape index (κ1) is 23.6. The zero-order chi connectivity index (χ0) is 23.8. The lowest BCUT2D eigenvalue weighted by atomic mass is 10.0. The molecule has 3 aromatic rings. The highest BCUT2D eigenvalue weighted by Crippen LogP contribution is 2.40. The van der Waals surface area contributed by atoms with E-state index in [0.29, 0.717) is 40.0 Å². The molecule has 0 radical (unpaired) electrons. The number of anilines is 1. The van der Waals surface area contributed by atoms with E-state index in [1.807, 2.05) is 6.92 Å². The molecule has 0 spiro atoms. The number of benzene rings is 1. The van der Waals surface area contributed by atoms with Gasteiger partial charge in [-0.05, 0) is 59.6 Å². The average molecular weight is 442 g/mol. The van der Waals surface area contributed by atoms with Crippen LogP contribution in [0.4, 0.5) is 10.5 Å². The second kappa shape index (κ2) is 8.81. The molecule has 0 saturated heterocycles. The Morgan fingerprint density at radius 1 is 1.00 bits per heavy atom. The number of ether oxygens (including phenoxy) is 1. The first-order valence-corrected chi connectivity index (χ1v) is 11.0. The topological polar surface area (TPSA) is 90.0 Å². The van der Waals surface area contributed by atoms with Crippen LogP contribution in [0.1, 0.15) is 70.3 Å². The summed E-state index contributed by atoms with van der Waals surface area (Å²) >= 11 is 0. The van der Waals surface area contributed by atoms with Gasteiger partial charge in [0, 0.05) is 28.8 Å². The molecule has 2 heterocycles. The van der Waals surface area contributed by atoms with Gasteiger partial charge in [-0.15, -0.1) is 0 Å². The number of imide groups is 1. The van der Waals surface area contributed by atoms with E-state index in [2.05, 4.69) is 6.92 Å². The zero-order valence-corrected chi connectivity index (χ0v) is 19.9. The van der Waals surface area contributed by atoms with Crippen LogP contribution < -0.4 is 10.5 Å². The number of rotatable bonds is 5. The van der Waals surface area contributed by atoms with Crippen LogP contribution >= 0.6 is 0 Å². The van der Waals surface area contributed by atoms with Gasteiger partial charge in [0.05, 0.1) is 0 Å². The minimum atomic E-state index is -0.769. The van der Waals surface area contributed by atoms with Gasteiger partial charge < -0.3 is 13.6 Å².